The first-order chi connectivity index (χ1) is 11.5. The highest BCUT2D eigenvalue weighted by molar-refractivity contribution is 14.1. The van der Waals surface area contributed by atoms with Crippen molar-refractivity contribution < 1.29 is 13.6 Å². The van der Waals surface area contributed by atoms with Gasteiger partial charge in [0.2, 0.25) is 5.91 Å². The fourth-order valence-electron chi connectivity index (χ4n) is 2.73. The van der Waals surface area contributed by atoms with Gasteiger partial charge in [-0.05, 0) is 47.6 Å². The van der Waals surface area contributed by atoms with Crippen LogP contribution in [0.3, 0.4) is 0 Å². The number of benzene rings is 1. The second-order valence-electron chi connectivity index (χ2n) is 5.59. The van der Waals surface area contributed by atoms with Gasteiger partial charge < -0.3 is 10.2 Å². The van der Waals surface area contributed by atoms with Crippen molar-refractivity contribution >= 4 is 40.0 Å². The van der Waals surface area contributed by atoms with Crippen molar-refractivity contribution in [2.24, 2.45) is 5.92 Å². The largest absolute Gasteiger partial charge is 0.355 e. The van der Waals surface area contributed by atoms with Gasteiger partial charge in [0.1, 0.15) is 17.5 Å². The van der Waals surface area contributed by atoms with E-state index in [1.165, 1.54) is 0 Å². The molecule has 1 unspecified atom stereocenters. The van der Waals surface area contributed by atoms with E-state index in [2.05, 4.69) is 15.3 Å². The number of rotatable bonds is 3. The molecule has 1 aromatic heterocycles. The van der Waals surface area contributed by atoms with Crippen molar-refractivity contribution in [3.8, 4) is 0 Å². The van der Waals surface area contributed by atoms with Crippen LogP contribution in [0.25, 0.3) is 0 Å². The van der Waals surface area contributed by atoms with Gasteiger partial charge in [0.25, 0.3) is 0 Å². The summed E-state index contributed by atoms with van der Waals surface area (Å²) in [6.45, 7) is 1.30. The van der Waals surface area contributed by atoms with E-state index in [1.807, 2.05) is 4.90 Å². The van der Waals surface area contributed by atoms with Crippen LogP contribution in [-0.4, -0.2) is 29.0 Å². The summed E-state index contributed by atoms with van der Waals surface area (Å²) in [6.07, 6.45) is 6.42. The minimum absolute atomic E-state index is 0.0860. The lowest BCUT2D eigenvalue weighted by atomic mass is 9.97. The maximum atomic E-state index is 13.6. The molecule has 1 aliphatic heterocycles. The summed E-state index contributed by atoms with van der Waals surface area (Å²) in [7, 11) is 0. The first-order valence-electron chi connectivity index (χ1n) is 7.51. The van der Waals surface area contributed by atoms with E-state index in [0.29, 0.717) is 6.54 Å². The van der Waals surface area contributed by atoms with Gasteiger partial charge in [-0.2, -0.15) is 0 Å². The van der Waals surface area contributed by atoms with Gasteiger partial charge in [-0.25, -0.2) is 13.8 Å². The smallest absolute Gasteiger partial charge is 0.229 e. The molecular weight excluding hydrogens is 429 g/mol. The first-order valence-corrected chi connectivity index (χ1v) is 8.59. The van der Waals surface area contributed by atoms with E-state index in [9.17, 15) is 13.6 Å². The van der Waals surface area contributed by atoms with Crippen LogP contribution in [0.15, 0.2) is 30.7 Å². The number of aromatic nitrogens is 2. The molecule has 0 bridgehead atoms. The average Bonchev–Trinajstić information content (AvgIpc) is 2.60. The Bertz CT molecular complexity index is 721. The van der Waals surface area contributed by atoms with Gasteiger partial charge in [0, 0.05) is 31.2 Å². The van der Waals surface area contributed by atoms with Crippen molar-refractivity contribution in [3.05, 3.63) is 45.9 Å². The van der Waals surface area contributed by atoms with Crippen molar-refractivity contribution in [2.75, 3.05) is 23.3 Å². The minimum Gasteiger partial charge on any atom is -0.355 e. The number of carbonyl (C=O) groups excluding carboxylic acids is 1. The molecular formula is C16H15F2IN4O. The molecule has 5 nitrogen and oxygen atoms in total. The Labute approximate surface area is 151 Å². The van der Waals surface area contributed by atoms with Crippen LogP contribution in [0, 0.1) is 21.1 Å². The lowest BCUT2D eigenvalue weighted by Gasteiger charge is -2.32. The lowest BCUT2D eigenvalue weighted by Crippen LogP contribution is -2.41. The van der Waals surface area contributed by atoms with Gasteiger partial charge in [-0.3, -0.25) is 9.78 Å². The van der Waals surface area contributed by atoms with Gasteiger partial charge in [0.05, 0.1) is 15.7 Å². The van der Waals surface area contributed by atoms with E-state index in [4.69, 9.17) is 0 Å². The van der Waals surface area contributed by atoms with Crippen molar-refractivity contribution in [1.29, 1.82) is 0 Å². The van der Waals surface area contributed by atoms with Gasteiger partial charge >= 0.3 is 0 Å². The number of piperidine rings is 1. The van der Waals surface area contributed by atoms with E-state index in [1.54, 1.807) is 41.2 Å². The molecule has 2 aromatic rings. The highest BCUT2D eigenvalue weighted by Crippen LogP contribution is 2.24. The highest BCUT2D eigenvalue weighted by Gasteiger charge is 2.27. The number of amides is 1. The van der Waals surface area contributed by atoms with Crippen LogP contribution in [0.2, 0.25) is 0 Å². The second kappa shape index (κ2) is 7.37. The molecule has 8 heteroatoms. The summed E-state index contributed by atoms with van der Waals surface area (Å²) in [4.78, 5) is 22.7. The Morgan fingerprint density at radius 3 is 2.71 bits per heavy atom. The molecule has 1 aromatic carbocycles. The SMILES string of the molecule is O=C(Nc1cc(F)c(I)c(F)c1)C1CCCN(c2cnccn2)C1. The third-order valence-corrected chi connectivity index (χ3v) is 4.95. The van der Waals surface area contributed by atoms with Crippen LogP contribution in [0.1, 0.15) is 12.8 Å². The fraction of sp³-hybridized carbons (Fsp3) is 0.312. The molecule has 126 valence electrons. The minimum atomic E-state index is -0.685. The Kier molecular flexibility index (Phi) is 5.22. The predicted octanol–water partition coefficient (Wildman–Crippen LogP) is 3.21. The number of halogens is 3. The summed E-state index contributed by atoms with van der Waals surface area (Å²) >= 11 is 1.59. The van der Waals surface area contributed by atoms with E-state index >= 15 is 0 Å². The highest BCUT2D eigenvalue weighted by atomic mass is 127. The predicted molar refractivity (Wildman–Crippen MR) is 94.7 cm³/mol. The number of hydrogen-bond acceptors (Lipinski definition) is 4. The molecule has 0 radical (unpaired) electrons. The Balaban J connectivity index is 1.69. The zero-order valence-corrected chi connectivity index (χ0v) is 14.8. The van der Waals surface area contributed by atoms with Gasteiger partial charge in [-0.1, -0.05) is 0 Å². The number of carbonyl (C=O) groups is 1. The van der Waals surface area contributed by atoms with Crippen LogP contribution >= 0.6 is 22.6 Å². The number of anilines is 2. The lowest BCUT2D eigenvalue weighted by molar-refractivity contribution is -0.120. The van der Waals surface area contributed by atoms with Crippen LogP contribution in [-0.2, 0) is 4.79 Å². The summed E-state index contributed by atoms with van der Waals surface area (Å²) in [6, 6.07) is 2.26. The molecule has 0 saturated carbocycles. The van der Waals surface area contributed by atoms with Gasteiger partial charge in [-0.15, -0.1) is 0 Å². The normalized spacial score (nSPS) is 17.6. The second-order valence-corrected chi connectivity index (χ2v) is 6.67. The molecule has 1 saturated heterocycles. The maximum Gasteiger partial charge on any atom is 0.229 e. The average molecular weight is 444 g/mol. The standard InChI is InChI=1S/C16H15F2IN4O/c17-12-6-11(7-13(18)15(12)19)22-16(24)10-2-1-5-23(9-10)14-8-20-3-4-21-14/h3-4,6-8,10H,1-2,5,9H2,(H,22,24). The van der Waals surface area contributed by atoms with E-state index in [-0.39, 0.29) is 21.1 Å². The summed E-state index contributed by atoms with van der Waals surface area (Å²) in [5, 5.41) is 2.61. The van der Waals surface area contributed by atoms with Crippen molar-refractivity contribution in [2.45, 2.75) is 12.8 Å². The molecule has 0 aliphatic carbocycles. The molecule has 1 atom stereocenters. The molecule has 1 N–H and O–H groups in total. The topological polar surface area (TPSA) is 58.1 Å². The van der Waals surface area contributed by atoms with Gasteiger partial charge in [0.15, 0.2) is 0 Å². The molecule has 3 rings (SSSR count). The van der Waals surface area contributed by atoms with Crippen molar-refractivity contribution in [3.63, 3.8) is 0 Å². The van der Waals surface area contributed by atoms with E-state index < -0.39 is 11.6 Å². The molecule has 2 heterocycles. The Hall–Kier alpha value is -1.84. The zero-order valence-electron chi connectivity index (χ0n) is 12.7. The Morgan fingerprint density at radius 1 is 1.29 bits per heavy atom. The first kappa shape index (κ1) is 17.0. The maximum absolute atomic E-state index is 13.6. The number of nitrogens with zero attached hydrogens (tertiary/aromatic N) is 3. The van der Waals surface area contributed by atoms with Crippen LogP contribution < -0.4 is 10.2 Å². The summed E-state index contributed by atoms with van der Waals surface area (Å²) in [5.74, 6) is -1.16. The summed E-state index contributed by atoms with van der Waals surface area (Å²) < 4.78 is 27.1. The molecule has 0 spiro atoms. The third-order valence-electron chi connectivity index (χ3n) is 3.92. The Morgan fingerprint density at radius 2 is 2.04 bits per heavy atom. The van der Waals surface area contributed by atoms with Crippen LogP contribution in [0.4, 0.5) is 20.3 Å². The van der Waals surface area contributed by atoms with E-state index in [0.717, 1.165) is 37.3 Å². The monoisotopic (exact) mass is 444 g/mol. The third kappa shape index (κ3) is 3.80. The van der Waals surface area contributed by atoms with Crippen molar-refractivity contribution in [1.82, 2.24) is 9.97 Å². The molecule has 1 amide bonds. The fourth-order valence-corrected chi connectivity index (χ4v) is 3.04. The number of hydrogen-bond donors (Lipinski definition) is 1. The van der Waals surface area contributed by atoms with Crippen LogP contribution in [0.5, 0.6) is 0 Å². The quantitative estimate of drug-likeness (QED) is 0.584. The molecule has 1 aliphatic rings. The molecule has 1 fully saturated rings. The molecule has 24 heavy (non-hydrogen) atoms. The summed E-state index contributed by atoms with van der Waals surface area (Å²) in [5.41, 5.74) is 0.132. The number of nitrogens with one attached hydrogen (secondary N) is 1. The zero-order chi connectivity index (χ0) is 17.1.